The number of carbonyl (C=O) groups excluding carboxylic acids is 3. The first-order chi connectivity index (χ1) is 16.7. The van der Waals surface area contributed by atoms with Crippen molar-refractivity contribution in [1.29, 1.82) is 0 Å². The van der Waals surface area contributed by atoms with Crippen molar-refractivity contribution in [2.45, 2.75) is 57.8 Å². The monoisotopic (exact) mass is 511 g/mol. The van der Waals surface area contributed by atoms with E-state index in [-0.39, 0.29) is 61.8 Å². The number of carbonyl (C=O) groups is 3. The number of nitrogens with one attached hydrogen (secondary N) is 1. The number of fused-ring (bicyclic) bond motifs is 1. The van der Waals surface area contributed by atoms with Gasteiger partial charge in [0.15, 0.2) is 17.5 Å². The van der Waals surface area contributed by atoms with Gasteiger partial charge in [0.05, 0.1) is 43.1 Å². The van der Waals surface area contributed by atoms with E-state index in [1.165, 1.54) is 0 Å². The minimum atomic E-state index is -1.58. The molecule has 1 fully saturated rings. The van der Waals surface area contributed by atoms with Crippen molar-refractivity contribution < 1.29 is 27.6 Å². The van der Waals surface area contributed by atoms with E-state index in [1.807, 2.05) is 6.92 Å². The zero-order valence-corrected chi connectivity index (χ0v) is 19.8. The van der Waals surface area contributed by atoms with Crippen LogP contribution in [0.2, 0.25) is 0 Å². The topological polar surface area (TPSA) is 87.5 Å². The Balaban J connectivity index is 1.47. The van der Waals surface area contributed by atoms with E-state index in [0.717, 1.165) is 12.1 Å². The van der Waals surface area contributed by atoms with Gasteiger partial charge < -0.3 is 15.1 Å². The number of alkyl halides is 1. The number of aromatic nitrogens is 2. The highest BCUT2D eigenvalue weighted by Crippen LogP contribution is 2.30. The van der Waals surface area contributed by atoms with Gasteiger partial charge in [-0.05, 0) is 31.0 Å². The van der Waals surface area contributed by atoms with Crippen molar-refractivity contribution in [2.24, 2.45) is 0 Å². The molecule has 2 aliphatic heterocycles. The van der Waals surface area contributed by atoms with Gasteiger partial charge in [-0.3, -0.25) is 19.1 Å². The van der Waals surface area contributed by atoms with Gasteiger partial charge in [0, 0.05) is 31.3 Å². The van der Waals surface area contributed by atoms with Crippen LogP contribution >= 0.6 is 11.6 Å². The van der Waals surface area contributed by atoms with Crippen molar-refractivity contribution in [3.63, 3.8) is 0 Å². The van der Waals surface area contributed by atoms with Crippen molar-refractivity contribution in [3.8, 4) is 0 Å². The third kappa shape index (κ3) is 5.29. The standard InChI is InChI=1S/C23H25ClF3N5O3/c1-13-10-32-19(12-30(13)21(34)7-14-5-16(25)23(27)17(26)6-14)18(9-28-32)31-11-15(8-22(31)35)29-20(33)3-2-4-24/h5-6,9,13,15H,2-4,7-8,10-12H2,1H3,(H,29,33)/t13-,15?/m0/s1. The summed E-state index contributed by atoms with van der Waals surface area (Å²) in [5.74, 6) is -4.62. The van der Waals surface area contributed by atoms with Crippen LogP contribution < -0.4 is 10.2 Å². The number of halogens is 4. The molecule has 1 saturated heterocycles. The van der Waals surface area contributed by atoms with E-state index in [0.29, 0.717) is 30.2 Å². The molecule has 1 unspecified atom stereocenters. The highest BCUT2D eigenvalue weighted by Gasteiger charge is 2.36. The van der Waals surface area contributed by atoms with E-state index >= 15 is 0 Å². The first-order valence-corrected chi connectivity index (χ1v) is 11.8. The Morgan fingerprint density at radius 3 is 2.60 bits per heavy atom. The SMILES string of the molecule is C[C@H]1Cn2ncc(N3CC(NC(=O)CCCCl)CC3=O)c2CN1C(=O)Cc1cc(F)c(F)c(F)c1. The van der Waals surface area contributed by atoms with E-state index in [4.69, 9.17) is 11.6 Å². The average molecular weight is 512 g/mol. The van der Waals surface area contributed by atoms with Gasteiger partial charge in [0.25, 0.3) is 0 Å². The molecule has 0 bridgehead atoms. The van der Waals surface area contributed by atoms with E-state index in [2.05, 4.69) is 10.4 Å². The summed E-state index contributed by atoms with van der Waals surface area (Å²) in [6.45, 7) is 2.61. The number of nitrogens with zero attached hydrogens (tertiary/aromatic N) is 4. The summed E-state index contributed by atoms with van der Waals surface area (Å²) in [4.78, 5) is 40.8. The van der Waals surface area contributed by atoms with Crippen molar-refractivity contribution in [2.75, 3.05) is 17.3 Å². The van der Waals surface area contributed by atoms with Crippen molar-refractivity contribution >= 4 is 35.0 Å². The number of hydrogen-bond donors (Lipinski definition) is 1. The summed E-state index contributed by atoms with van der Waals surface area (Å²) in [7, 11) is 0. The normalized spacial score (nSPS) is 19.7. The van der Waals surface area contributed by atoms with Crippen LogP contribution in [0, 0.1) is 17.5 Å². The van der Waals surface area contributed by atoms with Crippen LogP contribution in [0.3, 0.4) is 0 Å². The lowest BCUT2D eigenvalue weighted by molar-refractivity contribution is -0.134. The summed E-state index contributed by atoms with van der Waals surface area (Å²) >= 11 is 5.63. The maximum Gasteiger partial charge on any atom is 0.229 e. The highest BCUT2D eigenvalue weighted by molar-refractivity contribution is 6.17. The van der Waals surface area contributed by atoms with Gasteiger partial charge in [-0.2, -0.15) is 5.10 Å². The van der Waals surface area contributed by atoms with E-state index < -0.39 is 23.4 Å². The van der Waals surface area contributed by atoms with Crippen LogP contribution in [0.15, 0.2) is 18.3 Å². The molecule has 0 saturated carbocycles. The highest BCUT2D eigenvalue weighted by atomic mass is 35.5. The first kappa shape index (κ1) is 25.0. The minimum absolute atomic E-state index is 0.0281. The maximum atomic E-state index is 13.6. The van der Waals surface area contributed by atoms with Gasteiger partial charge in [-0.1, -0.05) is 0 Å². The Bertz CT molecular complexity index is 1130. The second-order valence-electron chi connectivity index (χ2n) is 8.84. The summed E-state index contributed by atoms with van der Waals surface area (Å²) in [5.41, 5.74) is 1.23. The summed E-state index contributed by atoms with van der Waals surface area (Å²) in [5, 5.41) is 7.22. The van der Waals surface area contributed by atoms with Gasteiger partial charge in [-0.15, -0.1) is 11.6 Å². The molecule has 0 aliphatic carbocycles. The summed E-state index contributed by atoms with van der Waals surface area (Å²) < 4.78 is 42.1. The van der Waals surface area contributed by atoms with Crippen LogP contribution in [-0.2, 0) is 33.9 Å². The molecular weight excluding hydrogens is 487 g/mol. The second-order valence-corrected chi connectivity index (χ2v) is 9.22. The molecule has 1 aromatic carbocycles. The van der Waals surface area contributed by atoms with Crippen LogP contribution in [0.5, 0.6) is 0 Å². The Kier molecular flexibility index (Phi) is 7.34. The molecule has 35 heavy (non-hydrogen) atoms. The fourth-order valence-corrected chi connectivity index (χ4v) is 4.63. The summed E-state index contributed by atoms with van der Waals surface area (Å²) in [6, 6.07) is 1.02. The molecule has 3 heterocycles. The third-order valence-corrected chi connectivity index (χ3v) is 6.52. The van der Waals surface area contributed by atoms with Crippen molar-refractivity contribution in [1.82, 2.24) is 20.0 Å². The zero-order chi connectivity index (χ0) is 25.3. The van der Waals surface area contributed by atoms with Gasteiger partial charge in [0.1, 0.15) is 0 Å². The van der Waals surface area contributed by atoms with E-state index in [9.17, 15) is 27.6 Å². The molecule has 2 aromatic rings. The minimum Gasteiger partial charge on any atom is -0.351 e. The first-order valence-electron chi connectivity index (χ1n) is 11.3. The Labute approximate surface area is 205 Å². The molecule has 1 N–H and O–H groups in total. The zero-order valence-electron chi connectivity index (χ0n) is 19.1. The maximum absolute atomic E-state index is 13.6. The second kappa shape index (κ2) is 10.3. The number of hydrogen-bond acceptors (Lipinski definition) is 4. The Morgan fingerprint density at radius 1 is 1.20 bits per heavy atom. The molecule has 2 aliphatic rings. The molecule has 3 amide bonds. The van der Waals surface area contributed by atoms with Crippen molar-refractivity contribution in [3.05, 3.63) is 47.0 Å². The van der Waals surface area contributed by atoms with Gasteiger partial charge in [-0.25, -0.2) is 13.2 Å². The Hall–Kier alpha value is -3.08. The van der Waals surface area contributed by atoms with Crippen LogP contribution in [0.25, 0.3) is 0 Å². The number of rotatable bonds is 7. The quantitative estimate of drug-likeness (QED) is 0.457. The predicted molar refractivity (Wildman–Crippen MR) is 121 cm³/mol. The number of anilines is 1. The molecule has 1 aromatic heterocycles. The number of amides is 3. The lowest BCUT2D eigenvalue weighted by Gasteiger charge is -2.35. The van der Waals surface area contributed by atoms with Crippen LogP contribution in [-0.4, -0.2) is 56.9 Å². The molecule has 8 nitrogen and oxygen atoms in total. The Morgan fingerprint density at radius 2 is 1.91 bits per heavy atom. The molecule has 0 spiro atoms. The fourth-order valence-electron chi connectivity index (χ4n) is 4.50. The fraction of sp³-hybridized carbons (Fsp3) is 0.478. The number of benzene rings is 1. The smallest absolute Gasteiger partial charge is 0.229 e. The lowest BCUT2D eigenvalue weighted by Crippen LogP contribution is -2.46. The molecule has 188 valence electrons. The lowest BCUT2D eigenvalue weighted by atomic mass is 10.1. The average Bonchev–Trinajstić information content (AvgIpc) is 3.37. The summed E-state index contributed by atoms with van der Waals surface area (Å²) in [6.07, 6.45) is 2.25. The van der Waals surface area contributed by atoms with Crippen LogP contribution in [0.1, 0.15) is 37.4 Å². The molecule has 2 atom stereocenters. The van der Waals surface area contributed by atoms with Crippen LogP contribution in [0.4, 0.5) is 18.9 Å². The predicted octanol–water partition coefficient (Wildman–Crippen LogP) is 2.51. The molecular formula is C23H25ClF3N5O3. The van der Waals surface area contributed by atoms with E-state index in [1.54, 1.807) is 20.7 Å². The van der Waals surface area contributed by atoms with Gasteiger partial charge >= 0.3 is 0 Å². The molecule has 0 radical (unpaired) electrons. The largest absolute Gasteiger partial charge is 0.351 e. The molecule has 12 heteroatoms. The molecule has 4 rings (SSSR count). The third-order valence-electron chi connectivity index (χ3n) is 6.25. The van der Waals surface area contributed by atoms with Gasteiger partial charge in [0.2, 0.25) is 17.7 Å².